The van der Waals surface area contributed by atoms with Crippen molar-refractivity contribution >= 4 is 17.9 Å². The van der Waals surface area contributed by atoms with E-state index in [2.05, 4.69) is 19.1 Å². The number of allylic oxidation sites excluding steroid dienone is 2. The molecule has 0 spiro atoms. The van der Waals surface area contributed by atoms with E-state index in [1.54, 1.807) is 0 Å². The summed E-state index contributed by atoms with van der Waals surface area (Å²) in [7, 11) is -2.32. The molecule has 0 bridgehead atoms. The highest BCUT2D eigenvalue weighted by atomic mass is 32.2. The lowest BCUT2D eigenvalue weighted by Gasteiger charge is -2.24. The van der Waals surface area contributed by atoms with Crippen LogP contribution in [0.3, 0.4) is 0 Å². The molecule has 0 aromatic carbocycles. The Balaban J connectivity index is 3.90. The molecule has 0 aliphatic rings. The summed E-state index contributed by atoms with van der Waals surface area (Å²) in [5, 5.41) is 0. The predicted octanol–water partition coefficient (Wildman–Crippen LogP) is 6.23. The number of phosphoric ester groups is 1. The maximum atomic E-state index is 12.1. The average Bonchev–Trinajstić information content (AvgIpc) is 2.80. The molecule has 2 atom stereocenters. The highest BCUT2D eigenvalue weighted by molar-refractivity contribution is 7.86. The Labute approximate surface area is 233 Å². The monoisotopic (exact) mass is 586 g/mol. The van der Waals surface area contributed by atoms with E-state index < -0.39 is 30.7 Å². The first kappa shape index (κ1) is 37.7. The van der Waals surface area contributed by atoms with Gasteiger partial charge in [-0.1, -0.05) is 76.9 Å². The molecule has 0 fully saturated rings. The van der Waals surface area contributed by atoms with Crippen LogP contribution < -0.4 is 0 Å². The van der Waals surface area contributed by atoms with Gasteiger partial charge >= 0.3 is 7.82 Å². The number of rotatable bonds is 27. The summed E-state index contributed by atoms with van der Waals surface area (Å²) in [6.07, 6.45) is 21.7. The van der Waals surface area contributed by atoms with Crippen LogP contribution in [-0.2, 0) is 32.7 Å². The van der Waals surface area contributed by atoms with Gasteiger partial charge in [0.15, 0.2) is 0 Å². The first-order chi connectivity index (χ1) is 17.8. The van der Waals surface area contributed by atoms with Crippen LogP contribution in [0.2, 0.25) is 0 Å². The van der Waals surface area contributed by atoms with Crippen molar-refractivity contribution in [3.63, 3.8) is 0 Å². The molecule has 11 heteroatoms. The number of likely N-dealkylation sites (N-methyl/N-ethyl adjacent to an activating group) is 1. The second kappa shape index (κ2) is 22.4. The van der Waals surface area contributed by atoms with Gasteiger partial charge in [0.25, 0.3) is 10.1 Å². The van der Waals surface area contributed by atoms with Crippen molar-refractivity contribution in [2.24, 2.45) is 0 Å². The number of unbranched alkanes of at least 4 members (excludes halogenated alkanes) is 12. The van der Waals surface area contributed by atoms with E-state index in [1.807, 2.05) is 21.1 Å². The van der Waals surface area contributed by atoms with Crippen LogP contribution in [0.1, 0.15) is 96.8 Å². The summed E-state index contributed by atoms with van der Waals surface area (Å²) in [5.41, 5.74) is 0. The van der Waals surface area contributed by atoms with Crippen LogP contribution in [0.4, 0.5) is 0 Å². The van der Waals surface area contributed by atoms with Crippen molar-refractivity contribution in [2.45, 2.75) is 103 Å². The molecule has 0 amide bonds. The molecule has 9 nitrogen and oxygen atoms in total. The third-order valence-electron chi connectivity index (χ3n) is 5.86. The van der Waals surface area contributed by atoms with Gasteiger partial charge in [0, 0.05) is 6.61 Å². The molecule has 228 valence electrons. The van der Waals surface area contributed by atoms with Gasteiger partial charge in [0.05, 0.1) is 40.6 Å². The zero-order chi connectivity index (χ0) is 28.8. The summed E-state index contributed by atoms with van der Waals surface area (Å²) in [6.45, 7) is 2.76. The highest BCUT2D eigenvalue weighted by Gasteiger charge is 2.26. The van der Waals surface area contributed by atoms with E-state index in [4.69, 9.17) is 18.0 Å². The molecule has 2 unspecified atom stereocenters. The van der Waals surface area contributed by atoms with Gasteiger partial charge < -0.3 is 14.1 Å². The summed E-state index contributed by atoms with van der Waals surface area (Å²) >= 11 is 0. The average molecular weight is 587 g/mol. The number of phosphoric acid groups is 1. The molecule has 0 aliphatic carbocycles. The van der Waals surface area contributed by atoms with Gasteiger partial charge in [-0.3, -0.25) is 13.2 Å². The molecule has 0 aliphatic heterocycles. The van der Waals surface area contributed by atoms with Gasteiger partial charge in [-0.05, 0) is 32.1 Å². The Morgan fingerprint density at radius 2 is 1.32 bits per heavy atom. The molecule has 0 rings (SSSR count). The molecular weight excluding hydrogens is 529 g/mol. The summed E-state index contributed by atoms with van der Waals surface area (Å²) in [4.78, 5) is 9.84. The Hall–Kier alpha value is -0.320. The van der Waals surface area contributed by atoms with Gasteiger partial charge in [0.1, 0.15) is 19.3 Å². The molecule has 0 aromatic rings. The maximum absolute atomic E-state index is 12.1. The zero-order valence-corrected chi connectivity index (χ0v) is 26.5. The molecule has 0 heterocycles. The first-order valence-corrected chi connectivity index (χ1v) is 17.7. The minimum absolute atomic E-state index is 0.0291. The van der Waals surface area contributed by atoms with Crippen molar-refractivity contribution in [1.29, 1.82) is 0 Å². The minimum atomic E-state index is -4.32. The minimum Gasteiger partial charge on any atom is -0.379 e. The fraction of sp³-hybridized carbons (Fsp3) is 0.926. The highest BCUT2D eigenvalue weighted by Crippen LogP contribution is 2.43. The van der Waals surface area contributed by atoms with Gasteiger partial charge in [-0.2, -0.15) is 8.42 Å². The standard InChI is InChI=1S/C27H56NO8PS/c1-6-7-8-9-10-11-12-13-14-15-16-17-18-19-20-21-23-33-25-27(36-38(5,31)32)26-35-37(29,30)34-24-22-28(2,3)4/h13-14,27H,6-12,15-26H2,1-5H3/p+1/b14-13-. The molecule has 0 saturated heterocycles. The number of quaternary nitrogens is 1. The second-order valence-electron chi connectivity index (χ2n) is 11.0. The smallest absolute Gasteiger partial charge is 0.379 e. The van der Waals surface area contributed by atoms with Crippen LogP contribution in [0, 0.1) is 0 Å². The molecule has 0 aromatic heterocycles. The predicted molar refractivity (Wildman–Crippen MR) is 155 cm³/mol. The summed E-state index contributed by atoms with van der Waals surface area (Å²) in [5.74, 6) is 0. The van der Waals surface area contributed by atoms with Gasteiger partial charge in [-0.25, -0.2) is 4.57 Å². The van der Waals surface area contributed by atoms with Crippen molar-refractivity contribution < 1.29 is 40.3 Å². The Morgan fingerprint density at radius 1 is 0.789 bits per heavy atom. The normalized spacial score (nSPS) is 15.2. The van der Waals surface area contributed by atoms with E-state index >= 15 is 0 Å². The van der Waals surface area contributed by atoms with Crippen LogP contribution in [0.5, 0.6) is 0 Å². The lowest BCUT2D eigenvalue weighted by molar-refractivity contribution is -0.870. The first-order valence-electron chi connectivity index (χ1n) is 14.4. The van der Waals surface area contributed by atoms with E-state index in [1.165, 1.54) is 64.2 Å². The Kier molecular flexibility index (Phi) is 22.2. The van der Waals surface area contributed by atoms with Gasteiger partial charge in [0.2, 0.25) is 0 Å². The van der Waals surface area contributed by atoms with Crippen LogP contribution >= 0.6 is 7.82 Å². The fourth-order valence-corrected chi connectivity index (χ4v) is 5.01. The SMILES string of the molecule is CCCCCCCC/C=C\CCCCCCCCOCC(COP(=O)(O)OCC[N+](C)(C)C)OS(C)(=O)=O. The van der Waals surface area contributed by atoms with Crippen molar-refractivity contribution in [3.05, 3.63) is 12.2 Å². The molecule has 1 N–H and O–H groups in total. The summed E-state index contributed by atoms with van der Waals surface area (Å²) < 4.78 is 56.1. The maximum Gasteiger partial charge on any atom is 0.472 e. The molecular formula is C27H57NO8PS+. The topological polar surface area (TPSA) is 108 Å². The second-order valence-corrected chi connectivity index (χ2v) is 14.1. The van der Waals surface area contributed by atoms with E-state index in [0.29, 0.717) is 17.6 Å². The number of hydrogen-bond acceptors (Lipinski definition) is 7. The zero-order valence-electron chi connectivity index (χ0n) is 24.8. The van der Waals surface area contributed by atoms with Crippen molar-refractivity contribution in [3.8, 4) is 0 Å². The lowest BCUT2D eigenvalue weighted by atomic mass is 10.1. The van der Waals surface area contributed by atoms with Crippen molar-refractivity contribution in [2.75, 3.05) is 60.4 Å². The van der Waals surface area contributed by atoms with Gasteiger partial charge in [-0.15, -0.1) is 0 Å². The summed E-state index contributed by atoms with van der Waals surface area (Å²) in [6, 6.07) is 0. The molecule has 38 heavy (non-hydrogen) atoms. The fourth-order valence-electron chi connectivity index (χ4n) is 3.66. The van der Waals surface area contributed by atoms with E-state index in [-0.39, 0.29) is 13.2 Å². The lowest BCUT2D eigenvalue weighted by Crippen LogP contribution is -2.37. The molecule has 0 saturated carbocycles. The van der Waals surface area contributed by atoms with Crippen molar-refractivity contribution in [1.82, 2.24) is 0 Å². The number of nitrogens with zero attached hydrogens (tertiary/aromatic N) is 1. The number of ether oxygens (including phenoxy) is 1. The van der Waals surface area contributed by atoms with E-state index in [0.717, 1.165) is 31.9 Å². The number of hydrogen-bond donors (Lipinski definition) is 1. The van der Waals surface area contributed by atoms with Crippen LogP contribution in [0.15, 0.2) is 12.2 Å². The van der Waals surface area contributed by atoms with E-state index in [9.17, 15) is 17.9 Å². The quantitative estimate of drug-likeness (QED) is 0.0397. The van der Waals surface area contributed by atoms with Crippen LogP contribution in [0.25, 0.3) is 0 Å². The third kappa shape index (κ3) is 28.7. The third-order valence-corrected chi connectivity index (χ3v) is 7.46. The Morgan fingerprint density at radius 3 is 1.84 bits per heavy atom. The largest absolute Gasteiger partial charge is 0.472 e. The van der Waals surface area contributed by atoms with Crippen LogP contribution in [-0.4, -0.2) is 84.3 Å². The Bertz CT molecular complexity index is 740. The molecule has 0 radical (unpaired) electrons.